The maximum atomic E-state index is 11.5. The molecule has 1 heterocycles. The minimum Gasteiger partial charge on any atom is -0.469 e. The molecule has 0 atom stereocenters. The molecule has 4 heteroatoms. The van der Waals surface area contributed by atoms with Crippen LogP contribution in [0.4, 0.5) is 0 Å². The number of benzene rings is 1. The first-order valence-corrected chi connectivity index (χ1v) is 7.22. The molecule has 1 N–H and O–H groups in total. The van der Waals surface area contributed by atoms with Crippen LogP contribution in [-0.4, -0.2) is 42.8 Å². The van der Waals surface area contributed by atoms with E-state index in [-0.39, 0.29) is 18.5 Å². The Morgan fingerprint density at radius 3 is 2.86 bits per heavy atom. The zero-order valence-corrected chi connectivity index (χ0v) is 12.3. The lowest BCUT2D eigenvalue weighted by Gasteiger charge is -2.30. The molecule has 21 heavy (non-hydrogen) atoms. The van der Waals surface area contributed by atoms with Gasteiger partial charge >= 0.3 is 5.97 Å². The normalized spacial score (nSPS) is 16.1. The molecule has 1 aromatic carbocycles. The van der Waals surface area contributed by atoms with Crippen LogP contribution in [0.5, 0.6) is 0 Å². The van der Waals surface area contributed by atoms with Gasteiger partial charge in [-0.05, 0) is 43.6 Å². The van der Waals surface area contributed by atoms with Crippen LogP contribution < -0.4 is 0 Å². The number of hydrogen-bond acceptors (Lipinski definition) is 4. The molecule has 1 aliphatic heterocycles. The maximum Gasteiger partial charge on any atom is 0.308 e. The number of esters is 1. The molecular formula is C17H21NO3. The Hall–Kier alpha value is -1.83. The summed E-state index contributed by atoms with van der Waals surface area (Å²) in [5, 5.41) is 8.73. The molecule has 2 rings (SSSR count). The molecule has 0 spiro atoms. The Bertz CT molecular complexity index is 536. The van der Waals surface area contributed by atoms with Crippen LogP contribution in [0.15, 0.2) is 24.3 Å². The number of rotatable bonds is 3. The topological polar surface area (TPSA) is 49.8 Å². The molecule has 4 nitrogen and oxygen atoms in total. The highest BCUT2D eigenvalue weighted by atomic mass is 16.5. The molecule has 112 valence electrons. The number of piperidine rings is 1. The van der Waals surface area contributed by atoms with Crippen molar-refractivity contribution in [2.24, 2.45) is 5.92 Å². The van der Waals surface area contributed by atoms with Crippen molar-refractivity contribution in [2.45, 2.75) is 19.4 Å². The minimum atomic E-state index is -0.120. The van der Waals surface area contributed by atoms with E-state index >= 15 is 0 Å². The Balaban J connectivity index is 1.90. The lowest BCUT2D eigenvalue weighted by atomic mass is 9.96. The van der Waals surface area contributed by atoms with Gasteiger partial charge in [0.15, 0.2) is 0 Å². The monoisotopic (exact) mass is 287 g/mol. The second-order valence-electron chi connectivity index (χ2n) is 5.23. The quantitative estimate of drug-likeness (QED) is 0.675. The zero-order chi connectivity index (χ0) is 15.1. The molecule has 1 aromatic rings. The van der Waals surface area contributed by atoms with Crippen molar-refractivity contribution in [1.82, 2.24) is 4.90 Å². The average Bonchev–Trinajstić information content (AvgIpc) is 2.53. The number of nitrogens with zero attached hydrogens (tertiary/aromatic N) is 1. The van der Waals surface area contributed by atoms with Gasteiger partial charge in [0.05, 0.1) is 13.0 Å². The highest BCUT2D eigenvalue weighted by Crippen LogP contribution is 2.20. The van der Waals surface area contributed by atoms with E-state index in [9.17, 15) is 4.79 Å². The number of hydrogen-bond donors (Lipinski definition) is 1. The number of ether oxygens (including phenoxy) is 1. The van der Waals surface area contributed by atoms with E-state index in [4.69, 9.17) is 9.84 Å². The van der Waals surface area contributed by atoms with E-state index in [1.807, 2.05) is 12.1 Å². The van der Waals surface area contributed by atoms with Crippen LogP contribution in [-0.2, 0) is 16.1 Å². The minimum absolute atomic E-state index is 0.0491. The van der Waals surface area contributed by atoms with E-state index in [1.165, 1.54) is 12.7 Å². The standard InChI is InChI=1S/C17H21NO3/c1-21-17(20)16-7-9-18(10-8-16)13-15-5-2-4-14(12-15)6-3-11-19/h2,4-5,12,16,19H,7-11,13H2,1H3. The molecule has 0 amide bonds. The summed E-state index contributed by atoms with van der Waals surface area (Å²) in [6, 6.07) is 8.05. The van der Waals surface area contributed by atoms with Crippen molar-refractivity contribution in [2.75, 3.05) is 26.8 Å². The number of carbonyl (C=O) groups is 1. The second-order valence-corrected chi connectivity index (χ2v) is 5.23. The first-order valence-electron chi connectivity index (χ1n) is 7.22. The summed E-state index contributed by atoms with van der Waals surface area (Å²) in [4.78, 5) is 13.8. The summed E-state index contributed by atoms with van der Waals surface area (Å²) < 4.78 is 4.80. The van der Waals surface area contributed by atoms with Crippen LogP contribution in [0, 0.1) is 17.8 Å². The molecule has 0 aliphatic carbocycles. The highest BCUT2D eigenvalue weighted by Gasteiger charge is 2.25. The van der Waals surface area contributed by atoms with Crippen molar-refractivity contribution in [1.29, 1.82) is 0 Å². The third-order valence-electron chi connectivity index (χ3n) is 3.77. The number of methoxy groups -OCH3 is 1. The van der Waals surface area contributed by atoms with E-state index in [1.54, 1.807) is 0 Å². The summed E-state index contributed by atoms with van der Waals surface area (Å²) in [7, 11) is 1.45. The fourth-order valence-corrected chi connectivity index (χ4v) is 2.64. The fraction of sp³-hybridized carbons (Fsp3) is 0.471. The van der Waals surface area contributed by atoms with Crippen LogP contribution >= 0.6 is 0 Å². The van der Waals surface area contributed by atoms with Crippen molar-refractivity contribution < 1.29 is 14.6 Å². The van der Waals surface area contributed by atoms with Gasteiger partial charge in [0.1, 0.15) is 6.61 Å². The van der Waals surface area contributed by atoms with E-state index in [2.05, 4.69) is 28.9 Å². The summed E-state index contributed by atoms with van der Waals surface area (Å²) in [5.74, 6) is 5.54. The smallest absolute Gasteiger partial charge is 0.308 e. The van der Waals surface area contributed by atoms with Gasteiger partial charge in [-0.2, -0.15) is 0 Å². The van der Waals surface area contributed by atoms with Crippen LogP contribution in [0.2, 0.25) is 0 Å². The molecule has 0 saturated carbocycles. The first kappa shape index (κ1) is 15.6. The lowest BCUT2D eigenvalue weighted by Crippen LogP contribution is -2.36. The van der Waals surface area contributed by atoms with Gasteiger partial charge in [0.25, 0.3) is 0 Å². The van der Waals surface area contributed by atoms with Gasteiger partial charge in [0.2, 0.25) is 0 Å². The van der Waals surface area contributed by atoms with Gasteiger partial charge in [-0.1, -0.05) is 24.0 Å². The molecule has 0 unspecified atom stereocenters. The van der Waals surface area contributed by atoms with Crippen LogP contribution in [0.3, 0.4) is 0 Å². The Kier molecular flexibility index (Phi) is 5.79. The summed E-state index contributed by atoms with van der Waals surface area (Å²) >= 11 is 0. The van der Waals surface area contributed by atoms with E-state index in [0.717, 1.165) is 38.0 Å². The lowest BCUT2D eigenvalue weighted by molar-refractivity contribution is -0.147. The average molecular weight is 287 g/mol. The van der Waals surface area contributed by atoms with E-state index in [0.29, 0.717) is 0 Å². The molecule has 0 bridgehead atoms. The van der Waals surface area contributed by atoms with Gasteiger partial charge < -0.3 is 9.84 Å². The Morgan fingerprint density at radius 2 is 2.19 bits per heavy atom. The molecule has 1 fully saturated rings. The molecule has 1 saturated heterocycles. The largest absolute Gasteiger partial charge is 0.469 e. The summed E-state index contributed by atoms with van der Waals surface area (Å²) in [6.07, 6.45) is 1.72. The van der Waals surface area contributed by atoms with Gasteiger partial charge in [-0.25, -0.2) is 0 Å². The van der Waals surface area contributed by atoms with Crippen molar-refractivity contribution in [3.8, 4) is 11.8 Å². The number of aliphatic hydroxyl groups excluding tert-OH is 1. The van der Waals surface area contributed by atoms with Gasteiger partial charge in [-0.3, -0.25) is 9.69 Å². The predicted octanol–water partition coefficient (Wildman–Crippen LogP) is 1.42. The van der Waals surface area contributed by atoms with Crippen molar-refractivity contribution in [3.05, 3.63) is 35.4 Å². The summed E-state index contributed by atoms with van der Waals surface area (Å²) in [5.41, 5.74) is 2.13. The van der Waals surface area contributed by atoms with Crippen LogP contribution in [0.1, 0.15) is 24.0 Å². The number of carbonyl (C=O) groups excluding carboxylic acids is 1. The molecule has 0 radical (unpaired) electrons. The van der Waals surface area contributed by atoms with Crippen molar-refractivity contribution in [3.63, 3.8) is 0 Å². The number of likely N-dealkylation sites (tertiary alicyclic amines) is 1. The van der Waals surface area contributed by atoms with Crippen LogP contribution in [0.25, 0.3) is 0 Å². The molecule has 0 aromatic heterocycles. The van der Waals surface area contributed by atoms with Crippen molar-refractivity contribution >= 4 is 5.97 Å². The maximum absolute atomic E-state index is 11.5. The van der Waals surface area contributed by atoms with Gasteiger partial charge in [0, 0.05) is 12.1 Å². The third kappa shape index (κ3) is 4.59. The Morgan fingerprint density at radius 1 is 1.43 bits per heavy atom. The van der Waals surface area contributed by atoms with E-state index < -0.39 is 0 Å². The first-order chi connectivity index (χ1) is 10.2. The SMILES string of the molecule is COC(=O)C1CCN(Cc2cccc(C#CCO)c2)CC1. The Labute approximate surface area is 125 Å². The zero-order valence-electron chi connectivity index (χ0n) is 12.3. The fourth-order valence-electron chi connectivity index (χ4n) is 2.64. The summed E-state index contributed by atoms with van der Waals surface area (Å²) in [6.45, 7) is 2.56. The highest BCUT2D eigenvalue weighted by molar-refractivity contribution is 5.72. The molecular weight excluding hydrogens is 266 g/mol. The number of aliphatic hydroxyl groups is 1. The second kappa shape index (κ2) is 7.82. The predicted molar refractivity (Wildman–Crippen MR) is 80.4 cm³/mol. The molecule has 1 aliphatic rings. The van der Waals surface area contributed by atoms with Gasteiger partial charge in [-0.15, -0.1) is 0 Å². The third-order valence-corrected chi connectivity index (χ3v) is 3.77.